The number of methoxy groups -OCH3 is 1. The highest BCUT2D eigenvalue weighted by atomic mass is 32.2. The van der Waals surface area contributed by atoms with Crippen molar-refractivity contribution in [2.75, 3.05) is 24.7 Å². The Bertz CT molecular complexity index is 864. The minimum Gasteiger partial charge on any atom is -0.495 e. The van der Waals surface area contributed by atoms with E-state index in [2.05, 4.69) is 25.8 Å². The van der Waals surface area contributed by atoms with E-state index in [9.17, 15) is 9.59 Å². The average molecular weight is 432 g/mol. The van der Waals surface area contributed by atoms with Gasteiger partial charge >= 0.3 is 0 Å². The van der Waals surface area contributed by atoms with Crippen LogP contribution in [0.5, 0.6) is 5.75 Å². The molecular formula is C21H29N5O3S. The average Bonchev–Trinajstić information content (AvgIpc) is 3.41. The quantitative estimate of drug-likeness (QED) is 0.499. The summed E-state index contributed by atoms with van der Waals surface area (Å²) in [5, 5.41) is 13.1. The molecule has 2 amide bonds. The molecule has 1 aromatic carbocycles. The van der Waals surface area contributed by atoms with Gasteiger partial charge in [-0.05, 0) is 37.0 Å². The molecule has 30 heavy (non-hydrogen) atoms. The first-order chi connectivity index (χ1) is 14.5. The maximum atomic E-state index is 12.1. The van der Waals surface area contributed by atoms with Crippen LogP contribution in [0.4, 0.5) is 5.69 Å². The second-order valence-electron chi connectivity index (χ2n) is 7.57. The summed E-state index contributed by atoms with van der Waals surface area (Å²) in [4.78, 5) is 28.6. The van der Waals surface area contributed by atoms with Crippen molar-refractivity contribution in [2.24, 2.45) is 5.92 Å². The Morgan fingerprint density at radius 3 is 2.83 bits per heavy atom. The molecule has 1 fully saturated rings. The number of carbonyl (C=O) groups is 2. The molecule has 162 valence electrons. The Labute approximate surface area is 181 Å². The first-order valence-electron chi connectivity index (χ1n) is 10.3. The number of anilines is 1. The molecule has 3 rings (SSSR count). The van der Waals surface area contributed by atoms with Gasteiger partial charge in [-0.15, -0.1) is 5.10 Å². The van der Waals surface area contributed by atoms with Crippen molar-refractivity contribution in [1.82, 2.24) is 20.5 Å². The maximum absolute atomic E-state index is 12.1. The monoisotopic (exact) mass is 431 g/mol. The molecule has 0 spiro atoms. The molecule has 1 saturated carbocycles. The van der Waals surface area contributed by atoms with Crippen molar-refractivity contribution in [1.29, 1.82) is 0 Å². The van der Waals surface area contributed by atoms with Crippen LogP contribution in [0.1, 0.15) is 43.5 Å². The van der Waals surface area contributed by atoms with Gasteiger partial charge < -0.3 is 15.4 Å². The van der Waals surface area contributed by atoms with Crippen molar-refractivity contribution < 1.29 is 14.3 Å². The third kappa shape index (κ3) is 6.76. The standard InChI is InChI=1S/C21H29N5O3S/c1-14-7-9-17(29-2)16(11-14)23-19(27)12-22-20(28)13-30-21-24-18(25-26-21)10-8-15-5-3-4-6-15/h7,9,11,15H,3-6,8,10,12-13H2,1-2H3,(H,22,28)(H,23,27)(H,24,25,26). The first-order valence-corrected chi connectivity index (χ1v) is 11.3. The summed E-state index contributed by atoms with van der Waals surface area (Å²) < 4.78 is 5.24. The van der Waals surface area contributed by atoms with Gasteiger partial charge in [0.05, 0.1) is 25.1 Å². The fourth-order valence-electron chi connectivity index (χ4n) is 3.57. The summed E-state index contributed by atoms with van der Waals surface area (Å²) in [6.45, 7) is 1.81. The first kappa shape index (κ1) is 22.1. The number of rotatable bonds is 10. The van der Waals surface area contributed by atoms with Gasteiger partial charge in [-0.25, -0.2) is 4.98 Å². The van der Waals surface area contributed by atoms with Gasteiger partial charge in [0.1, 0.15) is 11.6 Å². The van der Waals surface area contributed by atoms with Gasteiger partial charge in [-0.2, -0.15) is 0 Å². The summed E-state index contributed by atoms with van der Waals surface area (Å²) in [6.07, 6.45) is 7.36. The fraction of sp³-hybridized carbons (Fsp3) is 0.524. The van der Waals surface area contributed by atoms with Crippen molar-refractivity contribution >= 4 is 29.3 Å². The molecule has 0 radical (unpaired) electrons. The normalized spacial score (nSPS) is 13.9. The Kier molecular flexibility index (Phi) is 8.12. The Morgan fingerprint density at radius 1 is 1.27 bits per heavy atom. The van der Waals surface area contributed by atoms with Gasteiger partial charge in [-0.1, -0.05) is 43.5 Å². The zero-order valence-electron chi connectivity index (χ0n) is 17.5. The summed E-state index contributed by atoms with van der Waals surface area (Å²) in [5.41, 5.74) is 1.58. The number of amides is 2. The molecule has 0 saturated heterocycles. The number of hydrogen-bond donors (Lipinski definition) is 3. The number of nitrogens with one attached hydrogen (secondary N) is 3. The van der Waals surface area contributed by atoms with E-state index in [-0.39, 0.29) is 24.1 Å². The molecule has 2 aromatic rings. The Morgan fingerprint density at radius 2 is 2.07 bits per heavy atom. The van der Waals surface area contributed by atoms with E-state index in [0.717, 1.165) is 30.1 Å². The zero-order chi connectivity index (χ0) is 21.3. The van der Waals surface area contributed by atoms with E-state index in [1.165, 1.54) is 37.4 Å². The van der Waals surface area contributed by atoms with E-state index >= 15 is 0 Å². The smallest absolute Gasteiger partial charge is 0.243 e. The van der Waals surface area contributed by atoms with Gasteiger partial charge in [0.15, 0.2) is 0 Å². The molecule has 0 bridgehead atoms. The molecule has 8 nitrogen and oxygen atoms in total. The lowest BCUT2D eigenvalue weighted by atomic mass is 10.0. The summed E-state index contributed by atoms with van der Waals surface area (Å²) in [7, 11) is 1.54. The Balaban J connectivity index is 1.36. The predicted molar refractivity (Wildman–Crippen MR) is 117 cm³/mol. The number of hydrogen-bond acceptors (Lipinski definition) is 6. The van der Waals surface area contributed by atoms with Crippen LogP contribution in [0.15, 0.2) is 23.4 Å². The molecule has 0 aliphatic heterocycles. The van der Waals surface area contributed by atoms with E-state index in [4.69, 9.17) is 4.74 Å². The van der Waals surface area contributed by atoms with Gasteiger partial charge in [0.25, 0.3) is 0 Å². The van der Waals surface area contributed by atoms with Crippen LogP contribution in [-0.2, 0) is 16.0 Å². The number of ether oxygens (including phenoxy) is 1. The van der Waals surface area contributed by atoms with Crippen molar-refractivity contribution in [3.05, 3.63) is 29.6 Å². The maximum Gasteiger partial charge on any atom is 0.243 e. The van der Waals surface area contributed by atoms with Crippen LogP contribution in [-0.4, -0.2) is 46.4 Å². The molecule has 1 heterocycles. The van der Waals surface area contributed by atoms with Gasteiger partial charge in [-0.3, -0.25) is 14.7 Å². The van der Waals surface area contributed by atoms with Crippen molar-refractivity contribution in [2.45, 2.75) is 50.6 Å². The van der Waals surface area contributed by atoms with E-state index < -0.39 is 0 Å². The van der Waals surface area contributed by atoms with E-state index in [0.29, 0.717) is 16.6 Å². The zero-order valence-corrected chi connectivity index (χ0v) is 18.3. The molecule has 9 heteroatoms. The van der Waals surface area contributed by atoms with Crippen LogP contribution < -0.4 is 15.4 Å². The lowest BCUT2D eigenvalue weighted by Gasteiger charge is -2.11. The number of H-pyrrole nitrogens is 1. The third-order valence-electron chi connectivity index (χ3n) is 5.18. The van der Waals surface area contributed by atoms with Crippen LogP contribution in [0.2, 0.25) is 0 Å². The summed E-state index contributed by atoms with van der Waals surface area (Å²) in [6, 6.07) is 5.51. The lowest BCUT2D eigenvalue weighted by molar-refractivity contribution is -0.122. The fourth-order valence-corrected chi connectivity index (χ4v) is 4.22. The van der Waals surface area contributed by atoms with Gasteiger partial charge in [0, 0.05) is 6.42 Å². The third-order valence-corrected chi connectivity index (χ3v) is 6.03. The molecule has 3 N–H and O–H groups in total. The van der Waals surface area contributed by atoms with Crippen LogP contribution in [0.3, 0.4) is 0 Å². The van der Waals surface area contributed by atoms with Gasteiger partial charge in [0.2, 0.25) is 17.0 Å². The highest BCUT2D eigenvalue weighted by Gasteiger charge is 2.16. The molecule has 1 aliphatic carbocycles. The topological polar surface area (TPSA) is 109 Å². The SMILES string of the molecule is COc1ccc(C)cc1NC(=O)CNC(=O)CSc1n[nH]c(CCC2CCCC2)n1. The van der Waals surface area contributed by atoms with Crippen LogP contribution in [0.25, 0.3) is 0 Å². The number of nitrogens with zero attached hydrogens (tertiary/aromatic N) is 2. The summed E-state index contributed by atoms with van der Waals surface area (Å²) >= 11 is 1.25. The molecule has 0 unspecified atom stereocenters. The van der Waals surface area contributed by atoms with E-state index in [1.807, 2.05) is 19.1 Å². The predicted octanol–water partition coefficient (Wildman–Crippen LogP) is 3.09. The second-order valence-corrected chi connectivity index (χ2v) is 8.51. The molecule has 1 aromatic heterocycles. The molecular weight excluding hydrogens is 402 g/mol. The van der Waals surface area contributed by atoms with Crippen molar-refractivity contribution in [3.8, 4) is 5.75 Å². The minimum atomic E-state index is -0.315. The minimum absolute atomic E-state index is 0.114. The number of aromatic nitrogens is 3. The largest absolute Gasteiger partial charge is 0.495 e. The second kappa shape index (κ2) is 11.0. The van der Waals surface area contributed by atoms with E-state index in [1.54, 1.807) is 13.2 Å². The van der Waals surface area contributed by atoms with Crippen LogP contribution in [0, 0.1) is 12.8 Å². The number of aromatic amines is 1. The molecule has 0 atom stereocenters. The Hall–Kier alpha value is -2.55. The number of thioether (sulfide) groups is 1. The lowest BCUT2D eigenvalue weighted by Crippen LogP contribution is -2.34. The van der Waals surface area contributed by atoms with Crippen molar-refractivity contribution in [3.63, 3.8) is 0 Å². The number of carbonyl (C=O) groups excluding carboxylic acids is 2. The summed E-state index contributed by atoms with van der Waals surface area (Å²) in [5.74, 6) is 1.84. The number of benzene rings is 1. The highest BCUT2D eigenvalue weighted by molar-refractivity contribution is 7.99. The van der Waals surface area contributed by atoms with Crippen LogP contribution >= 0.6 is 11.8 Å². The highest BCUT2D eigenvalue weighted by Crippen LogP contribution is 2.28. The molecule has 1 aliphatic rings. The number of aryl methyl sites for hydroxylation is 2.